The van der Waals surface area contributed by atoms with E-state index in [0.29, 0.717) is 0 Å². The van der Waals surface area contributed by atoms with E-state index in [1.165, 1.54) is 22.5 Å². The van der Waals surface area contributed by atoms with E-state index in [4.69, 9.17) is 9.97 Å². The quantitative estimate of drug-likeness (QED) is 0.408. The van der Waals surface area contributed by atoms with Crippen LogP contribution in [0.1, 0.15) is 11.4 Å². The Bertz CT molecular complexity index is 1030. The maximum absolute atomic E-state index is 4.84. The third-order valence-corrected chi connectivity index (χ3v) is 7.69. The topological polar surface area (TPSA) is 32.3 Å². The highest BCUT2D eigenvalue weighted by atomic mass is 32.1. The fourth-order valence-electron chi connectivity index (χ4n) is 3.55. The molecule has 1 fully saturated rings. The van der Waals surface area contributed by atoms with Crippen molar-refractivity contribution in [1.82, 2.24) is 19.8 Å². The van der Waals surface area contributed by atoms with Crippen LogP contribution in [0.3, 0.4) is 0 Å². The van der Waals surface area contributed by atoms with E-state index >= 15 is 0 Å². The number of thiazole rings is 2. The molecule has 0 spiro atoms. The summed E-state index contributed by atoms with van der Waals surface area (Å²) in [5.74, 6) is 0. The summed E-state index contributed by atoms with van der Waals surface area (Å²) in [6.45, 7) is 6.22. The van der Waals surface area contributed by atoms with Gasteiger partial charge in [-0.3, -0.25) is 9.80 Å². The predicted octanol–water partition coefficient (Wildman–Crippen LogP) is 5.31. The molecule has 1 aromatic carbocycles. The van der Waals surface area contributed by atoms with Crippen molar-refractivity contribution in [3.63, 3.8) is 0 Å². The van der Waals surface area contributed by atoms with E-state index in [9.17, 15) is 0 Å². The van der Waals surface area contributed by atoms with E-state index in [1.807, 2.05) is 6.07 Å². The average Bonchev–Trinajstić information content (AvgIpc) is 3.52. The normalized spacial score (nSPS) is 15.7. The first-order valence-corrected chi connectivity index (χ1v) is 12.5. The standard InChI is InChI=1S/C22H22N4S3/c1-2-4-17(5-3-1)21-23-19(15-28-21)12-25-7-9-26(10-8-25)13-20-16-29-22(24-20)18-6-11-27-14-18/h1-6,11,14-16H,7-10,12-13H2. The lowest BCUT2D eigenvalue weighted by atomic mass is 10.2. The van der Waals surface area contributed by atoms with Gasteiger partial charge in [0.1, 0.15) is 10.0 Å². The minimum absolute atomic E-state index is 0.941. The molecule has 3 aromatic heterocycles. The van der Waals surface area contributed by atoms with Crippen molar-refractivity contribution >= 4 is 34.0 Å². The Morgan fingerprint density at radius 2 is 1.28 bits per heavy atom. The molecule has 4 aromatic rings. The zero-order valence-corrected chi connectivity index (χ0v) is 18.5. The first-order chi connectivity index (χ1) is 14.3. The molecule has 0 bridgehead atoms. The van der Waals surface area contributed by atoms with Gasteiger partial charge in [-0.1, -0.05) is 30.3 Å². The SMILES string of the molecule is c1ccc(-c2nc(CN3CCN(Cc4csc(-c5ccsc5)n4)CC3)cs2)cc1. The molecular formula is C22H22N4S3. The molecule has 0 radical (unpaired) electrons. The molecule has 5 rings (SSSR count). The van der Waals surface area contributed by atoms with Crippen molar-refractivity contribution in [1.29, 1.82) is 0 Å². The summed E-state index contributed by atoms with van der Waals surface area (Å²) in [6, 6.07) is 12.6. The van der Waals surface area contributed by atoms with Gasteiger partial charge in [-0.25, -0.2) is 9.97 Å². The van der Waals surface area contributed by atoms with Gasteiger partial charge in [0.05, 0.1) is 11.4 Å². The van der Waals surface area contributed by atoms with Crippen molar-refractivity contribution in [2.75, 3.05) is 26.2 Å². The molecule has 1 saturated heterocycles. The zero-order valence-electron chi connectivity index (χ0n) is 16.0. The number of piperazine rings is 1. The number of aromatic nitrogens is 2. The summed E-state index contributed by atoms with van der Waals surface area (Å²) in [5, 5.41) is 10.9. The molecule has 0 N–H and O–H groups in total. The molecule has 0 amide bonds. The van der Waals surface area contributed by atoms with Crippen LogP contribution < -0.4 is 0 Å². The highest BCUT2D eigenvalue weighted by Crippen LogP contribution is 2.27. The number of thiophene rings is 1. The van der Waals surface area contributed by atoms with Crippen LogP contribution in [0.25, 0.3) is 21.1 Å². The van der Waals surface area contributed by atoms with Crippen molar-refractivity contribution in [3.05, 3.63) is 69.3 Å². The van der Waals surface area contributed by atoms with Gasteiger partial charge < -0.3 is 0 Å². The molecule has 0 unspecified atom stereocenters. The van der Waals surface area contributed by atoms with Gasteiger partial charge in [0.15, 0.2) is 0 Å². The molecule has 29 heavy (non-hydrogen) atoms. The summed E-state index contributed by atoms with van der Waals surface area (Å²) >= 11 is 5.22. The van der Waals surface area contributed by atoms with Crippen molar-refractivity contribution in [3.8, 4) is 21.1 Å². The summed E-state index contributed by atoms with van der Waals surface area (Å²) in [4.78, 5) is 14.7. The van der Waals surface area contributed by atoms with Crippen molar-refractivity contribution < 1.29 is 0 Å². The van der Waals surface area contributed by atoms with E-state index in [1.54, 1.807) is 34.0 Å². The minimum Gasteiger partial charge on any atom is -0.295 e. The molecule has 148 valence electrons. The first kappa shape index (κ1) is 19.1. The Morgan fingerprint density at radius 3 is 1.83 bits per heavy atom. The van der Waals surface area contributed by atoms with Gasteiger partial charge in [0.2, 0.25) is 0 Å². The highest BCUT2D eigenvalue weighted by molar-refractivity contribution is 7.14. The van der Waals surface area contributed by atoms with Crippen molar-refractivity contribution in [2.45, 2.75) is 13.1 Å². The van der Waals surface area contributed by atoms with Gasteiger partial charge in [-0.2, -0.15) is 11.3 Å². The Morgan fingerprint density at radius 1 is 0.690 bits per heavy atom. The number of rotatable bonds is 6. The highest BCUT2D eigenvalue weighted by Gasteiger charge is 2.19. The van der Waals surface area contributed by atoms with E-state index in [2.05, 4.69) is 61.7 Å². The monoisotopic (exact) mass is 438 g/mol. The fourth-order valence-corrected chi connectivity index (χ4v) is 5.90. The fraction of sp³-hybridized carbons (Fsp3) is 0.273. The maximum atomic E-state index is 4.84. The molecule has 1 aliphatic heterocycles. The first-order valence-electron chi connectivity index (χ1n) is 9.75. The lowest BCUT2D eigenvalue weighted by Gasteiger charge is -2.33. The minimum atomic E-state index is 0.941. The van der Waals surface area contributed by atoms with E-state index in [0.717, 1.165) is 49.3 Å². The second-order valence-electron chi connectivity index (χ2n) is 7.22. The van der Waals surface area contributed by atoms with Gasteiger partial charge in [-0.15, -0.1) is 22.7 Å². The largest absolute Gasteiger partial charge is 0.295 e. The Kier molecular flexibility index (Phi) is 5.83. The molecular weight excluding hydrogens is 416 g/mol. The second-order valence-corrected chi connectivity index (χ2v) is 9.71. The van der Waals surface area contributed by atoms with Gasteiger partial charge in [-0.05, 0) is 11.4 Å². The van der Waals surface area contributed by atoms with Crippen LogP contribution in [0.4, 0.5) is 0 Å². The molecule has 4 heterocycles. The van der Waals surface area contributed by atoms with Gasteiger partial charge >= 0.3 is 0 Å². The van der Waals surface area contributed by atoms with Crippen molar-refractivity contribution in [2.24, 2.45) is 0 Å². The third-order valence-electron chi connectivity index (χ3n) is 5.13. The zero-order chi connectivity index (χ0) is 19.5. The number of nitrogens with zero attached hydrogens (tertiary/aromatic N) is 4. The Balaban J connectivity index is 1.13. The van der Waals surface area contributed by atoms with Crippen LogP contribution in [0.15, 0.2) is 57.9 Å². The van der Waals surface area contributed by atoms with Crippen LogP contribution in [0.2, 0.25) is 0 Å². The Hall–Kier alpha value is -1.90. The van der Waals surface area contributed by atoms with E-state index < -0.39 is 0 Å². The Labute approximate surface area is 183 Å². The molecule has 1 aliphatic rings. The maximum Gasteiger partial charge on any atom is 0.124 e. The van der Waals surface area contributed by atoms with E-state index in [-0.39, 0.29) is 0 Å². The summed E-state index contributed by atoms with van der Waals surface area (Å²) < 4.78 is 0. The molecule has 7 heteroatoms. The molecule has 0 saturated carbocycles. The number of hydrogen-bond acceptors (Lipinski definition) is 7. The molecule has 4 nitrogen and oxygen atoms in total. The number of benzene rings is 1. The van der Waals surface area contributed by atoms with Crippen LogP contribution >= 0.6 is 34.0 Å². The van der Waals surface area contributed by atoms with Crippen LogP contribution in [0, 0.1) is 0 Å². The van der Waals surface area contributed by atoms with Gasteiger partial charge in [0, 0.05) is 66.5 Å². The van der Waals surface area contributed by atoms with Crippen LogP contribution in [-0.4, -0.2) is 45.9 Å². The number of hydrogen-bond donors (Lipinski definition) is 0. The second kappa shape index (κ2) is 8.85. The summed E-state index contributed by atoms with van der Waals surface area (Å²) in [7, 11) is 0. The lowest BCUT2D eigenvalue weighted by Crippen LogP contribution is -2.45. The smallest absolute Gasteiger partial charge is 0.124 e. The summed E-state index contributed by atoms with van der Waals surface area (Å²) in [5.41, 5.74) is 4.83. The van der Waals surface area contributed by atoms with Crippen LogP contribution in [0.5, 0.6) is 0 Å². The lowest BCUT2D eigenvalue weighted by molar-refractivity contribution is 0.120. The van der Waals surface area contributed by atoms with Crippen LogP contribution in [-0.2, 0) is 13.1 Å². The summed E-state index contributed by atoms with van der Waals surface area (Å²) in [6.07, 6.45) is 0. The van der Waals surface area contributed by atoms with Gasteiger partial charge in [0.25, 0.3) is 0 Å². The molecule has 0 aliphatic carbocycles. The molecule has 0 atom stereocenters. The average molecular weight is 439 g/mol. The third kappa shape index (κ3) is 4.65. The predicted molar refractivity (Wildman–Crippen MR) is 124 cm³/mol.